The Labute approximate surface area is 187 Å². The van der Waals surface area contributed by atoms with E-state index in [1.165, 1.54) is 6.33 Å². The fraction of sp³-hybridized carbons (Fsp3) is 0.409. The number of aliphatic hydroxyl groups is 1. The third kappa shape index (κ3) is 2.87. The highest BCUT2D eigenvalue weighted by Crippen LogP contribution is 2.38. The number of rotatable bonds is 4. The minimum atomic E-state index is -1.14. The van der Waals surface area contributed by atoms with Gasteiger partial charge in [-0.2, -0.15) is 10.2 Å². The summed E-state index contributed by atoms with van der Waals surface area (Å²) in [5, 5.41) is 24.8. The van der Waals surface area contributed by atoms with Gasteiger partial charge in [0.2, 0.25) is 5.82 Å². The number of imidazole rings is 1. The second kappa shape index (κ2) is 7.43. The van der Waals surface area contributed by atoms with Crippen LogP contribution in [-0.2, 0) is 5.60 Å². The van der Waals surface area contributed by atoms with Gasteiger partial charge in [0.25, 0.3) is 11.4 Å². The predicted octanol–water partition coefficient (Wildman–Crippen LogP) is 3.96. The lowest BCUT2D eigenvalue weighted by Gasteiger charge is -2.19. The molecule has 4 aromatic rings. The third-order valence-electron chi connectivity index (χ3n) is 6.41. The maximum atomic E-state index is 13.7. The van der Waals surface area contributed by atoms with E-state index in [4.69, 9.17) is 16.1 Å². The largest absolute Gasteiger partial charge is 0.380 e. The van der Waals surface area contributed by atoms with E-state index >= 15 is 0 Å². The minimum Gasteiger partial charge on any atom is -0.380 e. The van der Waals surface area contributed by atoms with Crippen molar-refractivity contribution in [2.45, 2.75) is 57.6 Å². The lowest BCUT2D eigenvalue weighted by Crippen LogP contribution is -2.26. The summed E-state index contributed by atoms with van der Waals surface area (Å²) in [6.07, 6.45) is 5.06. The monoisotopic (exact) mass is 452 g/mol. The summed E-state index contributed by atoms with van der Waals surface area (Å²) >= 11 is 6.29. The van der Waals surface area contributed by atoms with Crippen LogP contribution in [0.25, 0.3) is 28.1 Å². The van der Waals surface area contributed by atoms with Crippen LogP contribution in [0.5, 0.6) is 0 Å². The summed E-state index contributed by atoms with van der Waals surface area (Å²) < 4.78 is 8.59. The summed E-state index contributed by atoms with van der Waals surface area (Å²) in [7, 11) is 0. The Hall–Kier alpha value is -3.22. The van der Waals surface area contributed by atoms with Crippen LogP contribution < -0.4 is 5.56 Å². The van der Waals surface area contributed by atoms with Crippen LogP contribution in [0.3, 0.4) is 0 Å². The van der Waals surface area contributed by atoms with Crippen LogP contribution in [0.15, 0.2) is 27.8 Å². The van der Waals surface area contributed by atoms with Crippen molar-refractivity contribution in [2.24, 2.45) is 0 Å². The molecule has 1 aromatic carbocycles. The first-order chi connectivity index (χ1) is 15.4. The van der Waals surface area contributed by atoms with Gasteiger partial charge in [0.15, 0.2) is 0 Å². The van der Waals surface area contributed by atoms with Crippen molar-refractivity contribution < 1.29 is 9.63 Å². The van der Waals surface area contributed by atoms with Gasteiger partial charge >= 0.3 is 0 Å². The number of halogens is 1. The minimum absolute atomic E-state index is 0.143. The molecule has 1 aliphatic rings. The number of aromatic nitrogens is 5. The molecule has 1 unspecified atom stereocenters. The molecular formula is C22H21ClN6O3. The Morgan fingerprint density at radius 2 is 2.09 bits per heavy atom. The van der Waals surface area contributed by atoms with Crippen LogP contribution in [0, 0.1) is 11.3 Å². The van der Waals surface area contributed by atoms with Gasteiger partial charge in [0.1, 0.15) is 29.2 Å². The summed E-state index contributed by atoms with van der Waals surface area (Å²) in [5.74, 6) is 0.289. The molecule has 0 bridgehead atoms. The molecule has 0 aliphatic heterocycles. The van der Waals surface area contributed by atoms with Crippen molar-refractivity contribution in [1.82, 2.24) is 24.1 Å². The lowest BCUT2D eigenvalue weighted by molar-refractivity contribution is 0.0112. The van der Waals surface area contributed by atoms with Crippen molar-refractivity contribution in [1.29, 1.82) is 5.26 Å². The van der Waals surface area contributed by atoms with Crippen molar-refractivity contribution in [3.63, 3.8) is 0 Å². The number of benzene rings is 1. The van der Waals surface area contributed by atoms with Crippen LogP contribution in [0.2, 0.25) is 5.02 Å². The highest BCUT2D eigenvalue weighted by atomic mass is 35.5. The zero-order valence-electron chi connectivity index (χ0n) is 17.7. The van der Waals surface area contributed by atoms with Gasteiger partial charge in [-0.3, -0.25) is 9.20 Å². The molecule has 1 saturated carbocycles. The number of nitrogens with zero attached hydrogens (tertiary/aromatic N) is 6. The van der Waals surface area contributed by atoms with E-state index in [0.29, 0.717) is 30.3 Å². The van der Waals surface area contributed by atoms with E-state index < -0.39 is 5.60 Å². The normalized spacial score (nSPS) is 16.6. The maximum absolute atomic E-state index is 13.7. The number of fused-ring (bicyclic) bond motifs is 3. The van der Waals surface area contributed by atoms with Crippen molar-refractivity contribution in [2.75, 3.05) is 0 Å². The molecule has 0 amide bonds. The van der Waals surface area contributed by atoms with E-state index in [-0.39, 0.29) is 45.1 Å². The summed E-state index contributed by atoms with van der Waals surface area (Å²) in [5.41, 5.74) is 0.396. The third-order valence-corrected chi connectivity index (χ3v) is 6.72. The maximum Gasteiger partial charge on any atom is 0.278 e. The van der Waals surface area contributed by atoms with Crippen molar-refractivity contribution in [3.05, 3.63) is 45.3 Å². The molecule has 3 aromatic heterocycles. The van der Waals surface area contributed by atoms with Crippen molar-refractivity contribution >= 4 is 28.2 Å². The van der Waals surface area contributed by atoms with Crippen LogP contribution in [-0.4, -0.2) is 29.2 Å². The van der Waals surface area contributed by atoms with Gasteiger partial charge in [0.05, 0.1) is 21.6 Å². The van der Waals surface area contributed by atoms with Gasteiger partial charge in [-0.25, -0.2) is 4.98 Å². The average Bonchev–Trinajstić information content (AvgIpc) is 3.53. The van der Waals surface area contributed by atoms with E-state index in [2.05, 4.69) is 21.2 Å². The number of hydrogen-bond acceptors (Lipinski definition) is 7. The molecule has 10 heteroatoms. The molecular weight excluding hydrogens is 432 g/mol. The molecule has 0 radical (unpaired) electrons. The second-order valence-corrected chi connectivity index (χ2v) is 8.72. The number of hydrogen-bond donors (Lipinski definition) is 1. The van der Waals surface area contributed by atoms with Crippen LogP contribution in [0.4, 0.5) is 0 Å². The molecule has 9 nitrogen and oxygen atoms in total. The molecule has 1 fully saturated rings. The Kier molecular flexibility index (Phi) is 4.80. The Morgan fingerprint density at radius 3 is 2.78 bits per heavy atom. The SMILES string of the molecule is CCC(C)n1c(=O)c2c(-c3noc(C4(O)CCCC4)n3)ncn2c2ccc(Cl)c(C#N)c21. The smallest absolute Gasteiger partial charge is 0.278 e. The van der Waals surface area contributed by atoms with Gasteiger partial charge in [-0.15, -0.1) is 0 Å². The van der Waals surface area contributed by atoms with E-state index in [1.807, 2.05) is 13.8 Å². The van der Waals surface area contributed by atoms with Crippen LogP contribution >= 0.6 is 11.6 Å². The molecule has 0 saturated heterocycles. The Morgan fingerprint density at radius 1 is 1.34 bits per heavy atom. The molecule has 1 aliphatic carbocycles. The quantitative estimate of drug-likeness (QED) is 0.497. The zero-order chi connectivity index (χ0) is 22.6. The van der Waals surface area contributed by atoms with E-state index in [9.17, 15) is 15.2 Å². The Bertz CT molecular complexity index is 1450. The second-order valence-electron chi connectivity index (χ2n) is 8.31. The first kappa shape index (κ1) is 20.7. The fourth-order valence-electron chi connectivity index (χ4n) is 4.50. The molecule has 1 atom stereocenters. The van der Waals surface area contributed by atoms with Gasteiger partial charge in [-0.05, 0) is 51.2 Å². The van der Waals surface area contributed by atoms with E-state index in [1.54, 1.807) is 21.1 Å². The summed E-state index contributed by atoms with van der Waals surface area (Å²) in [4.78, 5) is 22.5. The highest BCUT2D eigenvalue weighted by Gasteiger charge is 2.39. The van der Waals surface area contributed by atoms with Gasteiger partial charge in [0, 0.05) is 6.04 Å². The summed E-state index contributed by atoms with van der Waals surface area (Å²) in [6, 6.07) is 5.34. The predicted molar refractivity (Wildman–Crippen MR) is 117 cm³/mol. The molecule has 32 heavy (non-hydrogen) atoms. The lowest BCUT2D eigenvalue weighted by atomic mass is 10.0. The van der Waals surface area contributed by atoms with E-state index in [0.717, 1.165) is 12.8 Å². The van der Waals surface area contributed by atoms with Crippen molar-refractivity contribution in [3.8, 4) is 17.6 Å². The van der Waals surface area contributed by atoms with Gasteiger partial charge < -0.3 is 14.2 Å². The molecule has 164 valence electrons. The Balaban J connectivity index is 1.82. The first-order valence-corrected chi connectivity index (χ1v) is 11.0. The summed E-state index contributed by atoms with van der Waals surface area (Å²) in [6.45, 7) is 3.88. The number of nitriles is 1. The molecule has 1 N–H and O–H groups in total. The first-order valence-electron chi connectivity index (χ1n) is 10.6. The molecule has 3 heterocycles. The molecule has 0 spiro atoms. The van der Waals surface area contributed by atoms with Gasteiger partial charge in [-0.1, -0.05) is 23.7 Å². The molecule has 5 rings (SSSR count). The average molecular weight is 453 g/mol. The fourth-order valence-corrected chi connectivity index (χ4v) is 4.70. The standard InChI is InChI=1S/C22H21ClN6O3/c1-3-12(2)29-17-13(10-24)14(23)6-7-15(17)28-11-25-16(18(28)20(29)30)19-26-21(32-27-19)22(31)8-4-5-9-22/h6-7,11-12,31H,3-5,8-9H2,1-2H3. The topological polar surface area (TPSA) is 122 Å². The zero-order valence-corrected chi connectivity index (χ0v) is 18.4. The van der Waals surface area contributed by atoms with Crippen LogP contribution in [0.1, 0.15) is 63.4 Å². The highest BCUT2D eigenvalue weighted by molar-refractivity contribution is 6.32.